The van der Waals surface area contributed by atoms with E-state index in [1.807, 2.05) is 0 Å². The number of nitrogens with zero attached hydrogens (tertiary/aromatic N) is 3. The largest absolute Gasteiger partial charge is 0.269 e. The number of hydrogen-bond acceptors (Lipinski definition) is 2. The molecule has 0 atom stereocenters. The van der Waals surface area contributed by atoms with E-state index >= 15 is 0 Å². The highest BCUT2D eigenvalue weighted by molar-refractivity contribution is 5.20. The lowest BCUT2D eigenvalue weighted by molar-refractivity contribution is 0.935. The summed E-state index contributed by atoms with van der Waals surface area (Å²) in [7, 11) is 1.68. The number of rotatable bonds is 1. The van der Waals surface area contributed by atoms with Crippen molar-refractivity contribution in [1.29, 1.82) is 0 Å². The summed E-state index contributed by atoms with van der Waals surface area (Å²) in [4.78, 5) is 0. The molecule has 0 amide bonds. The molecule has 0 N–H and O–H groups in total. The van der Waals surface area contributed by atoms with Crippen LogP contribution in [0, 0.1) is 0 Å². The van der Waals surface area contributed by atoms with Crippen LogP contribution in [-0.2, 0) is 0 Å². The lowest BCUT2D eigenvalue weighted by Crippen LogP contribution is -1.90. The van der Waals surface area contributed by atoms with Crippen molar-refractivity contribution >= 4 is 5.82 Å². The van der Waals surface area contributed by atoms with Crippen LogP contribution in [0.1, 0.15) is 0 Å². The van der Waals surface area contributed by atoms with Crippen LogP contribution < -0.4 is 5.32 Å². The van der Waals surface area contributed by atoms with E-state index in [1.165, 1.54) is 0 Å². The minimum absolute atomic E-state index is 0.674. The van der Waals surface area contributed by atoms with Gasteiger partial charge in [0.05, 0.1) is 0 Å². The second-order valence-electron chi connectivity index (χ2n) is 1.31. The van der Waals surface area contributed by atoms with E-state index in [2.05, 4.69) is 15.5 Å². The van der Waals surface area contributed by atoms with E-state index in [1.54, 1.807) is 25.4 Å². The molecule has 0 aliphatic rings. The maximum Gasteiger partial charge on any atom is 0.169 e. The molecule has 0 unspecified atom stereocenters. The molecule has 1 aromatic rings. The van der Waals surface area contributed by atoms with Crippen LogP contribution in [0.3, 0.4) is 0 Å². The van der Waals surface area contributed by atoms with Gasteiger partial charge in [-0.15, -0.1) is 5.10 Å². The summed E-state index contributed by atoms with van der Waals surface area (Å²) in [5.41, 5.74) is 0. The first-order valence-corrected chi connectivity index (χ1v) is 2.31. The lowest BCUT2D eigenvalue weighted by atomic mass is 10.5. The molecule has 0 aromatic carbocycles. The fourth-order valence-corrected chi connectivity index (χ4v) is 0.413. The van der Waals surface area contributed by atoms with Gasteiger partial charge in [0, 0.05) is 13.2 Å². The highest BCUT2D eigenvalue weighted by Crippen LogP contribution is 1.93. The lowest BCUT2D eigenvalue weighted by Gasteiger charge is -1.88. The first-order valence-electron chi connectivity index (χ1n) is 2.31. The van der Waals surface area contributed by atoms with Gasteiger partial charge in [-0.2, -0.15) is 5.10 Å². The summed E-state index contributed by atoms with van der Waals surface area (Å²) in [5.74, 6) is 0.674. The summed E-state index contributed by atoms with van der Waals surface area (Å²) in [6.07, 6.45) is 1.62. The van der Waals surface area contributed by atoms with Crippen LogP contribution in [0.25, 0.3) is 0 Å². The molecular formula is C5H6N3. The highest BCUT2D eigenvalue weighted by Gasteiger charge is 1.83. The third-order valence-corrected chi connectivity index (χ3v) is 0.787. The van der Waals surface area contributed by atoms with E-state index in [0.29, 0.717) is 5.82 Å². The third-order valence-electron chi connectivity index (χ3n) is 0.787. The summed E-state index contributed by atoms with van der Waals surface area (Å²) in [6.45, 7) is 0. The number of hydrogen-bond donors (Lipinski definition) is 0. The first kappa shape index (κ1) is 5.03. The number of aromatic nitrogens is 2. The standard InChI is InChI=1S/C5H6N3/c1-6-5-3-2-4-7-8-5/h2-4H,1H3. The Kier molecular flexibility index (Phi) is 1.42. The summed E-state index contributed by atoms with van der Waals surface area (Å²) < 4.78 is 0. The van der Waals surface area contributed by atoms with Gasteiger partial charge in [-0.3, -0.25) is 5.32 Å². The molecule has 1 rings (SSSR count). The van der Waals surface area contributed by atoms with E-state index in [-0.39, 0.29) is 0 Å². The molecule has 0 spiro atoms. The zero-order chi connectivity index (χ0) is 5.82. The van der Waals surface area contributed by atoms with E-state index in [0.717, 1.165) is 0 Å². The van der Waals surface area contributed by atoms with Crippen molar-refractivity contribution in [3.05, 3.63) is 18.3 Å². The molecule has 0 saturated carbocycles. The average Bonchev–Trinajstić information content (AvgIpc) is 1.90. The van der Waals surface area contributed by atoms with Crippen molar-refractivity contribution in [2.45, 2.75) is 0 Å². The average molecular weight is 108 g/mol. The fraction of sp³-hybridized carbons (Fsp3) is 0.200. The Morgan fingerprint density at radius 2 is 2.50 bits per heavy atom. The van der Waals surface area contributed by atoms with Gasteiger partial charge in [0.2, 0.25) is 0 Å². The summed E-state index contributed by atoms with van der Waals surface area (Å²) >= 11 is 0. The Labute approximate surface area is 47.8 Å². The molecule has 3 nitrogen and oxygen atoms in total. The van der Waals surface area contributed by atoms with Crippen LogP contribution in [0.15, 0.2) is 18.3 Å². The molecule has 0 saturated heterocycles. The summed E-state index contributed by atoms with van der Waals surface area (Å²) in [6, 6.07) is 3.60. The Hall–Kier alpha value is -1.12. The van der Waals surface area contributed by atoms with Gasteiger partial charge in [-0.05, 0) is 12.1 Å². The maximum absolute atomic E-state index is 3.80. The zero-order valence-electron chi connectivity index (χ0n) is 4.57. The monoisotopic (exact) mass is 108 g/mol. The van der Waals surface area contributed by atoms with Crippen molar-refractivity contribution in [3.63, 3.8) is 0 Å². The minimum Gasteiger partial charge on any atom is -0.269 e. The Bertz CT molecular complexity index is 149. The van der Waals surface area contributed by atoms with Gasteiger partial charge in [0.1, 0.15) is 0 Å². The Morgan fingerprint density at radius 3 is 2.88 bits per heavy atom. The Balaban J connectivity index is 2.83. The topological polar surface area (TPSA) is 39.9 Å². The smallest absolute Gasteiger partial charge is 0.169 e. The van der Waals surface area contributed by atoms with Crippen molar-refractivity contribution in [3.8, 4) is 0 Å². The van der Waals surface area contributed by atoms with Crippen LogP contribution in [0.4, 0.5) is 5.82 Å². The van der Waals surface area contributed by atoms with Crippen LogP contribution in [0.2, 0.25) is 0 Å². The van der Waals surface area contributed by atoms with Gasteiger partial charge in [-0.1, -0.05) is 0 Å². The molecule has 0 bridgehead atoms. The van der Waals surface area contributed by atoms with Crippen molar-refractivity contribution in [2.75, 3.05) is 7.05 Å². The molecule has 1 aromatic heterocycles. The van der Waals surface area contributed by atoms with Gasteiger partial charge in [0.15, 0.2) is 5.82 Å². The predicted octanol–water partition coefficient (Wildman–Crippen LogP) is 0.342. The van der Waals surface area contributed by atoms with Crippen molar-refractivity contribution in [2.24, 2.45) is 0 Å². The summed E-state index contributed by atoms with van der Waals surface area (Å²) in [5, 5.41) is 11.1. The quantitative estimate of drug-likeness (QED) is 0.520. The molecule has 8 heavy (non-hydrogen) atoms. The predicted molar refractivity (Wildman–Crippen MR) is 29.7 cm³/mol. The highest BCUT2D eigenvalue weighted by atomic mass is 15.2. The van der Waals surface area contributed by atoms with Crippen molar-refractivity contribution < 1.29 is 0 Å². The fourth-order valence-electron chi connectivity index (χ4n) is 0.413. The third kappa shape index (κ3) is 0.932. The molecule has 1 radical (unpaired) electrons. The van der Waals surface area contributed by atoms with Gasteiger partial charge in [0.25, 0.3) is 0 Å². The molecule has 0 fully saturated rings. The van der Waals surface area contributed by atoms with E-state index in [4.69, 9.17) is 0 Å². The van der Waals surface area contributed by atoms with Crippen molar-refractivity contribution in [1.82, 2.24) is 15.5 Å². The second kappa shape index (κ2) is 2.26. The minimum atomic E-state index is 0.674. The van der Waals surface area contributed by atoms with E-state index < -0.39 is 0 Å². The van der Waals surface area contributed by atoms with Crippen LogP contribution in [-0.4, -0.2) is 17.2 Å². The second-order valence-corrected chi connectivity index (χ2v) is 1.31. The SMILES string of the molecule is C[N]c1cccnn1. The molecule has 0 aliphatic carbocycles. The van der Waals surface area contributed by atoms with Gasteiger partial charge >= 0.3 is 0 Å². The molecular weight excluding hydrogens is 102 g/mol. The van der Waals surface area contributed by atoms with E-state index in [9.17, 15) is 0 Å². The first-order chi connectivity index (χ1) is 3.93. The van der Waals surface area contributed by atoms with Crippen LogP contribution >= 0.6 is 0 Å². The molecule has 3 heteroatoms. The van der Waals surface area contributed by atoms with Gasteiger partial charge in [-0.25, -0.2) is 0 Å². The van der Waals surface area contributed by atoms with Crippen LogP contribution in [0.5, 0.6) is 0 Å². The molecule has 0 aliphatic heterocycles. The zero-order valence-corrected chi connectivity index (χ0v) is 4.57. The Morgan fingerprint density at radius 1 is 1.62 bits per heavy atom. The normalized spacial score (nSPS) is 8.62. The molecule has 41 valence electrons. The molecule has 1 heterocycles. The maximum atomic E-state index is 3.80. The van der Waals surface area contributed by atoms with Gasteiger partial charge < -0.3 is 0 Å².